The molecule has 1 aliphatic rings. The van der Waals surface area contributed by atoms with E-state index >= 15 is 0 Å². The van der Waals surface area contributed by atoms with Crippen molar-refractivity contribution in [1.82, 2.24) is 0 Å². The maximum absolute atomic E-state index is 5.59. The third kappa shape index (κ3) is 2.15. The number of hydrogen-bond donors (Lipinski definition) is 0. The molecule has 0 aromatic heterocycles. The number of halogens is 1. The van der Waals surface area contributed by atoms with Crippen LogP contribution in [-0.2, 0) is 4.74 Å². The Morgan fingerprint density at radius 1 is 1.67 bits per heavy atom. The highest BCUT2D eigenvalue weighted by molar-refractivity contribution is 6.18. The second-order valence-corrected chi connectivity index (χ2v) is 2.85. The molecule has 0 aromatic carbocycles. The van der Waals surface area contributed by atoms with Gasteiger partial charge in [-0.3, -0.25) is 0 Å². The molecule has 1 rings (SSSR count). The lowest BCUT2D eigenvalue weighted by molar-refractivity contribution is 0.0142. The first-order valence-corrected chi connectivity index (χ1v) is 3.87. The zero-order valence-electron chi connectivity index (χ0n) is 5.48. The molecule has 0 amide bonds. The summed E-state index contributed by atoms with van der Waals surface area (Å²) in [4.78, 5) is 0. The molecule has 1 heterocycles. The van der Waals surface area contributed by atoms with Crippen LogP contribution in [0.15, 0.2) is 0 Å². The summed E-state index contributed by atoms with van der Waals surface area (Å²) >= 11 is 5.59. The van der Waals surface area contributed by atoms with Crippen LogP contribution in [0, 0.1) is 12.8 Å². The highest BCUT2D eigenvalue weighted by atomic mass is 35.5. The predicted molar refractivity (Wildman–Crippen MR) is 38.5 cm³/mol. The van der Waals surface area contributed by atoms with Crippen LogP contribution in [0.2, 0.25) is 0 Å². The number of hydrogen-bond acceptors (Lipinski definition) is 1. The van der Waals surface area contributed by atoms with Crippen molar-refractivity contribution in [1.29, 1.82) is 0 Å². The van der Waals surface area contributed by atoms with Crippen molar-refractivity contribution in [3.8, 4) is 0 Å². The number of alkyl halides is 1. The topological polar surface area (TPSA) is 9.23 Å². The molecule has 2 atom stereocenters. The Hall–Kier alpha value is 0.250. The lowest BCUT2D eigenvalue weighted by Crippen LogP contribution is -2.25. The third-order valence-corrected chi connectivity index (χ3v) is 1.99. The Bertz CT molecular complexity index is 85.0. The van der Waals surface area contributed by atoms with Crippen molar-refractivity contribution >= 4 is 11.6 Å². The van der Waals surface area contributed by atoms with Gasteiger partial charge in [0.15, 0.2) is 0 Å². The van der Waals surface area contributed by atoms with Gasteiger partial charge in [-0.2, -0.15) is 0 Å². The van der Waals surface area contributed by atoms with Crippen LogP contribution in [0.25, 0.3) is 0 Å². The van der Waals surface area contributed by atoms with E-state index in [1.807, 2.05) is 0 Å². The Balaban J connectivity index is 2.23. The summed E-state index contributed by atoms with van der Waals surface area (Å²) in [6.07, 6.45) is 2.39. The average Bonchev–Trinajstić information content (AvgIpc) is 1.88. The molecule has 1 fully saturated rings. The summed E-state index contributed by atoms with van der Waals surface area (Å²) in [6, 6.07) is 0. The molecule has 0 aromatic rings. The first-order valence-electron chi connectivity index (χ1n) is 3.33. The van der Waals surface area contributed by atoms with E-state index in [9.17, 15) is 0 Å². The molecular formula is C7H12ClO. The average molecular weight is 148 g/mol. The van der Waals surface area contributed by atoms with Crippen LogP contribution < -0.4 is 0 Å². The van der Waals surface area contributed by atoms with Gasteiger partial charge in [-0.05, 0) is 25.7 Å². The van der Waals surface area contributed by atoms with E-state index in [4.69, 9.17) is 16.3 Å². The number of rotatable bonds is 1. The largest absolute Gasteiger partial charge is 0.377 e. The maximum atomic E-state index is 5.59. The van der Waals surface area contributed by atoms with Gasteiger partial charge in [-0.25, -0.2) is 0 Å². The molecule has 1 saturated heterocycles. The first kappa shape index (κ1) is 7.36. The first-order chi connectivity index (χ1) is 4.33. The molecule has 1 radical (unpaired) electrons. The van der Waals surface area contributed by atoms with Crippen LogP contribution in [0.3, 0.4) is 0 Å². The summed E-state index contributed by atoms with van der Waals surface area (Å²) in [6.45, 7) is 4.80. The van der Waals surface area contributed by atoms with E-state index in [2.05, 4.69) is 6.92 Å². The molecule has 0 saturated carbocycles. The molecule has 1 aliphatic heterocycles. The molecule has 0 aliphatic carbocycles. The Morgan fingerprint density at radius 2 is 2.44 bits per heavy atom. The molecule has 2 unspecified atom stereocenters. The standard InChI is InChI=1S/C7H12ClO/c1-6-2-3-9-7(4-6)5-8/h6-7H,1-5H2. The quantitative estimate of drug-likeness (QED) is 0.515. The third-order valence-electron chi connectivity index (χ3n) is 1.65. The van der Waals surface area contributed by atoms with E-state index in [-0.39, 0.29) is 6.10 Å². The van der Waals surface area contributed by atoms with E-state index in [0.717, 1.165) is 19.4 Å². The van der Waals surface area contributed by atoms with E-state index in [1.54, 1.807) is 0 Å². The van der Waals surface area contributed by atoms with Crippen LogP contribution in [-0.4, -0.2) is 18.6 Å². The van der Waals surface area contributed by atoms with Crippen molar-refractivity contribution in [2.75, 3.05) is 12.5 Å². The van der Waals surface area contributed by atoms with Gasteiger partial charge < -0.3 is 4.74 Å². The van der Waals surface area contributed by atoms with Gasteiger partial charge in [0, 0.05) is 12.5 Å². The van der Waals surface area contributed by atoms with Gasteiger partial charge in [-0.15, -0.1) is 11.6 Å². The normalized spacial score (nSPS) is 36.7. The summed E-state index contributed by atoms with van der Waals surface area (Å²) in [5.41, 5.74) is 0. The molecule has 2 heteroatoms. The fourth-order valence-corrected chi connectivity index (χ4v) is 1.28. The van der Waals surface area contributed by atoms with Crippen molar-refractivity contribution in [3.63, 3.8) is 0 Å². The molecule has 0 spiro atoms. The molecule has 1 nitrogen and oxygen atoms in total. The minimum Gasteiger partial charge on any atom is -0.377 e. The van der Waals surface area contributed by atoms with Crippen molar-refractivity contribution in [3.05, 3.63) is 6.92 Å². The highest BCUT2D eigenvalue weighted by Gasteiger charge is 2.17. The Kier molecular flexibility index (Phi) is 2.80. The van der Waals surface area contributed by atoms with Crippen LogP contribution in [0.5, 0.6) is 0 Å². The van der Waals surface area contributed by atoms with E-state index in [0.29, 0.717) is 11.8 Å². The summed E-state index contributed by atoms with van der Waals surface area (Å²) in [7, 11) is 0. The summed E-state index contributed by atoms with van der Waals surface area (Å²) in [5.74, 6) is 1.17. The molecule has 0 bridgehead atoms. The number of ether oxygens (including phenoxy) is 1. The fourth-order valence-electron chi connectivity index (χ4n) is 1.07. The zero-order chi connectivity index (χ0) is 6.69. The zero-order valence-corrected chi connectivity index (χ0v) is 6.23. The highest BCUT2D eigenvalue weighted by Crippen LogP contribution is 2.19. The lowest BCUT2D eigenvalue weighted by atomic mass is 9.99. The molecule has 53 valence electrons. The van der Waals surface area contributed by atoms with Crippen molar-refractivity contribution in [2.24, 2.45) is 5.92 Å². The monoisotopic (exact) mass is 147 g/mol. The predicted octanol–water partition coefficient (Wildman–Crippen LogP) is 1.85. The van der Waals surface area contributed by atoms with Gasteiger partial charge in [0.2, 0.25) is 0 Å². The summed E-state index contributed by atoms with van der Waals surface area (Å²) in [5, 5.41) is 0. The van der Waals surface area contributed by atoms with Gasteiger partial charge in [0.05, 0.1) is 6.10 Å². The molecular weight excluding hydrogens is 136 g/mol. The Labute approximate surface area is 61.3 Å². The fraction of sp³-hybridized carbons (Fsp3) is 0.857. The van der Waals surface area contributed by atoms with E-state index in [1.165, 1.54) is 0 Å². The molecule has 0 N–H and O–H groups in total. The van der Waals surface area contributed by atoms with Crippen LogP contribution in [0.4, 0.5) is 0 Å². The maximum Gasteiger partial charge on any atom is 0.0713 e. The van der Waals surface area contributed by atoms with E-state index < -0.39 is 0 Å². The molecule has 9 heavy (non-hydrogen) atoms. The SMILES string of the molecule is [CH2]C1CCOC(CCl)C1. The summed E-state index contributed by atoms with van der Waals surface area (Å²) < 4.78 is 5.33. The minimum atomic E-state index is 0.267. The van der Waals surface area contributed by atoms with Gasteiger partial charge in [-0.1, -0.05) is 0 Å². The van der Waals surface area contributed by atoms with Gasteiger partial charge in [0.25, 0.3) is 0 Å². The van der Waals surface area contributed by atoms with Gasteiger partial charge >= 0.3 is 0 Å². The Morgan fingerprint density at radius 3 is 2.89 bits per heavy atom. The van der Waals surface area contributed by atoms with Crippen molar-refractivity contribution < 1.29 is 4.74 Å². The van der Waals surface area contributed by atoms with Crippen LogP contribution >= 0.6 is 11.6 Å². The van der Waals surface area contributed by atoms with Crippen LogP contribution in [0.1, 0.15) is 12.8 Å². The second-order valence-electron chi connectivity index (χ2n) is 2.54. The van der Waals surface area contributed by atoms with Gasteiger partial charge in [0.1, 0.15) is 0 Å². The second kappa shape index (κ2) is 3.43. The van der Waals surface area contributed by atoms with Crippen molar-refractivity contribution in [2.45, 2.75) is 18.9 Å². The smallest absolute Gasteiger partial charge is 0.0713 e. The lowest BCUT2D eigenvalue weighted by Gasteiger charge is -2.25. The minimum absolute atomic E-state index is 0.267.